The first-order chi connectivity index (χ1) is 18.0. The maximum Gasteiger partial charge on any atom is 0.335 e. The first-order valence-corrected chi connectivity index (χ1v) is 11.1. The lowest BCUT2D eigenvalue weighted by Gasteiger charge is -2.16. The highest BCUT2D eigenvalue weighted by atomic mass is 19.1. The maximum atomic E-state index is 13.5. The van der Waals surface area contributed by atoms with E-state index in [4.69, 9.17) is 10.8 Å². The van der Waals surface area contributed by atoms with Gasteiger partial charge in [-0.2, -0.15) is 0 Å². The van der Waals surface area contributed by atoms with Crippen LogP contribution in [0.4, 0.5) is 4.39 Å². The summed E-state index contributed by atoms with van der Waals surface area (Å²) in [5, 5.41) is 14.1. The van der Waals surface area contributed by atoms with Gasteiger partial charge in [0.25, 0.3) is 11.8 Å². The lowest BCUT2D eigenvalue weighted by molar-refractivity contribution is -0.120. The number of nitrogens with two attached hydrogens (primary N) is 1. The molecule has 0 saturated heterocycles. The van der Waals surface area contributed by atoms with Crippen molar-refractivity contribution in [2.75, 3.05) is 0 Å². The smallest absolute Gasteiger partial charge is 0.335 e. The maximum absolute atomic E-state index is 13.5. The van der Waals surface area contributed by atoms with Crippen molar-refractivity contribution < 1.29 is 28.7 Å². The van der Waals surface area contributed by atoms with Crippen LogP contribution in [0.3, 0.4) is 0 Å². The van der Waals surface area contributed by atoms with E-state index < -0.39 is 41.2 Å². The molecule has 0 fully saturated rings. The Hall–Kier alpha value is -5.33. The lowest BCUT2D eigenvalue weighted by Crippen LogP contribution is -2.38. The molecule has 13 heteroatoms. The quantitative estimate of drug-likeness (QED) is 0.229. The predicted octanol–water partition coefficient (Wildman–Crippen LogP) is 1.05. The first-order valence-electron chi connectivity index (χ1n) is 11.1. The monoisotopic (exact) mass is 520 g/mol. The van der Waals surface area contributed by atoms with E-state index in [1.807, 2.05) is 0 Å². The molecule has 194 valence electrons. The molecular formula is C25H21FN6O6. The molecule has 0 aliphatic carbocycles. The average molecular weight is 520 g/mol. The molecule has 6 N–H and O–H groups in total. The zero-order valence-corrected chi connectivity index (χ0v) is 19.8. The van der Waals surface area contributed by atoms with E-state index >= 15 is 0 Å². The number of halogens is 1. The Kier molecular flexibility index (Phi) is 7.01. The van der Waals surface area contributed by atoms with Crippen molar-refractivity contribution in [3.8, 4) is 0 Å². The molecule has 2 heterocycles. The Labute approximate surface area is 213 Å². The molecule has 0 aliphatic heterocycles. The second-order valence-corrected chi connectivity index (χ2v) is 8.32. The Bertz CT molecular complexity index is 1640. The molecule has 2 aromatic carbocycles. The van der Waals surface area contributed by atoms with Gasteiger partial charge in [0.2, 0.25) is 5.91 Å². The van der Waals surface area contributed by atoms with Gasteiger partial charge in [0, 0.05) is 12.7 Å². The summed E-state index contributed by atoms with van der Waals surface area (Å²) in [6.07, 6.45) is 1.20. The van der Waals surface area contributed by atoms with E-state index in [0.717, 1.165) is 10.5 Å². The van der Waals surface area contributed by atoms with Crippen molar-refractivity contribution in [2.24, 2.45) is 5.73 Å². The number of carbonyl (C=O) groups is 4. The molecule has 1 atom stereocenters. The van der Waals surface area contributed by atoms with E-state index in [0.29, 0.717) is 11.1 Å². The number of aromatic nitrogens is 3. The van der Waals surface area contributed by atoms with Gasteiger partial charge in [-0.3, -0.25) is 14.4 Å². The third kappa shape index (κ3) is 5.26. The number of aryl methyl sites for hydroxylation is 1. The summed E-state index contributed by atoms with van der Waals surface area (Å²) in [5.74, 6) is -4.08. The third-order valence-corrected chi connectivity index (χ3v) is 5.70. The molecule has 0 spiro atoms. The van der Waals surface area contributed by atoms with Gasteiger partial charge in [0.15, 0.2) is 5.65 Å². The number of nitrogens with zero attached hydrogens (tertiary/aromatic N) is 2. The van der Waals surface area contributed by atoms with E-state index in [1.54, 1.807) is 13.0 Å². The Balaban J connectivity index is 1.62. The highest BCUT2D eigenvalue weighted by Crippen LogP contribution is 2.16. The lowest BCUT2D eigenvalue weighted by atomic mass is 10.0. The number of benzene rings is 2. The van der Waals surface area contributed by atoms with Crippen LogP contribution in [0.1, 0.15) is 54.1 Å². The highest BCUT2D eigenvalue weighted by Gasteiger charge is 2.24. The zero-order chi connectivity index (χ0) is 27.6. The van der Waals surface area contributed by atoms with Gasteiger partial charge < -0.3 is 26.5 Å². The number of hydrogen-bond donors (Lipinski definition) is 5. The van der Waals surface area contributed by atoms with Crippen molar-refractivity contribution in [1.29, 1.82) is 0 Å². The fourth-order valence-electron chi connectivity index (χ4n) is 3.74. The summed E-state index contributed by atoms with van der Waals surface area (Å²) in [5.41, 5.74) is 5.44. The van der Waals surface area contributed by atoms with Crippen molar-refractivity contribution >= 4 is 29.3 Å². The minimum Gasteiger partial charge on any atom is -0.478 e. The molecule has 12 nitrogen and oxygen atoms in total. The number of rotatable bonds is 8. The van der Waals surface area contributed by atoms with E-state index in [2.05, 4.69) is 20.6 Å². The largest absolute Gasteiger partial charge is 0.478 e. The zero-order valence-electron chi connectivity index (χ0n) is 19.8. The van der Waals surface area contributed by atoms with Crippen LogP contribution in [-0.2, 0) is 11.3 Å². The van der Waals surface area contributed by atoms with Crippen LogP contribution in [0.5, 0.6) is 0 Å². The fraction of sp³-hybridized carbons (Fsp3) is 0.120. The number of fused-ring (bicyclic) bond motifs is 1. The second-order valence-electron chi connectivity index (χ2n) is 8.32. The molecule has 4 rings (SSSR count). The normalized spacial score (nSPS) is 11.6. The minimum absolute atomic E-state index is 0.0144. The summed E-state index contributed by atoms with van der Waals surface area (Å²) in [6.45, 7) is 1.59. The van der Waals surface area contributed by atoms with Gasteiger partial charge >= 0.3 is 11.7 Å². The van der Waals surface area contributed by atoms with E-state index in [9.17, 15) is 28.4 Å². The van der Waals surface area contributed by atoms with Crippen molar-refractivity contribution in [3.63, 3.8) is 0 Å². The van der Waals surface area contributed by atoms with Crippen LogP contribution in [0.2, 0.25) is 0 Å². The van der Waals surface area contributed by atoms with Crippen LogP contribution >= 0.6 is 0 Å². The Morgan fingerprint density at radius 1 is 1.11 bits per heavy atom. The van der Waals surface area contributed by atoms with Crippen molar-refractivity contribution in [2.45, 2.75) is 19.5 Å². The topological polar surface area (TPSA) is 189 Å². The third-order valence-electron chi connectivity index (χ3n) is 5.70. The van der Waals surface area contributed by atoms with E-state index in [-0.39, 0.29) is 34.7 Å². The van der Waals surface area contributed by atoms with Gasteiger partial charge in [-0.15, -0.1) is 0 Å². The molecule has 0 aliphatic rings. The number of carbonyl (C=O) groups excluding carboxylic acids is 3. The Morgan fingerprint density at radius 2 is 1.82 bits per heavy atom. The van der Waals surface area contributed by atoms with Crippen LogP contribution in [0.15, 0.2) is 59.5 Å². The summed E-state index contributed by atoms with van der Waals surface area (Å²) < 4.78 is 14.5. The van der Waals surface area contributed by atoms with Gasteiger partial charge in [0.05, 0.1) is 5.56 Å². The van der Waals surface area contributed by atoms with Gasteiger partial charge in [-0.25, -0.2) is 23.4 Å². The fourth-order valence-corrected chi connectivity index (χ4v) is 3.74. The number of nitrogens with one attached hydrogen (secondary N) is 3. The molecule has 0 radical (unpaired) electrons. The molecule has 2 aromatic heterocycles. The number of amides is 3. The summed E-state index contributed by atoms with van der Waals surface area (Å²) in [7, 11) is 0. The average Bonchev–Trinajstić information content (AvgIpc) is 3.27. The van der Waals surface area contributed by atoms with Crippen LogP contribution in [0.25, 0.3) is 5.65 Å². The minimum atomic E-state index is -1.34. The predicted molar refractivity (Wildman–Crippen MR) is 131 cm³/mol. The number of aromatic amines is 1. The SMILES string of the molecule is Cc1cc(CNC(=O)c2cc(C(=O)N[C@@H](C(N)=O)c3ccc(C(=O)O)cc3)nc3c[nH]c(=O)n23)ccc1F. The summed E-state index contributed by atoms with van der Waals surface area (Å²) in [6, 6.07) is 9.23. The van der Waals surface area contributed by atoms with Crippen molar-refractivity contribution in [1.82, 2.24) is 25.0 Å². The van der Waals surface area contributed by atoms with Gasteiger partial charge in [-0.1, -0.05) is 24.3 Å². The number of imidazole rings is 1. The van der Waals surface area contributed by atoms with Gasteiger partial charge in [-0.05, 0) is 47.9 Å². The molecule has 38 heavy (non-hydrogen) atoms. The number of carboxylic acids is 1. The molecule has 0 unspecified atom stereocenters. The summed E-state index contributed by atoms with van der Waals surface area (Å²) >= 11 is 0. The van der Waals surface area contributed by atoms with Crippen molar-refractivity contribution in [3.05, 3.63) is 105 Å². The number of carboxylic acid groups (broad SMARTS) is 1. The molecule has 0 saturated carbocycles. The number of H-pyrrole nitrogens is 1. The molecular weight excluding hydrogens is 499 g/mol. The molecule has 0 bridgehead atoms. The first kappa shape index (κ1) is 25.8. The number of hydrogen-bond acceptors (Lipinski definition) is 6. The van der Waals surface area contributed by atoms with Crippen LogP contribution < -0.4 is 22.1 Å². The van der Waals surface area contributed by atoms with Gasteiger partial charge in [0.1, 0.15) is 23.2 Å². The standard InChI is InChI=1S/C25H21FN6O6/c1-12-8-13(2-7-16(12)26)10-28-23(35)18-9-17(30-19-11-29-25(38)32(18)19)22(34)31-20(21(27)33)14-3-5-15(6-4-14)24(36)37/h2-9,11,20H,10H2,1H3,(H2,27,33)(H,28,35)(H,29,38)(H,31,34)(H,36,37)/t20-/m1/s1. The second kappa shape index (κ2) is 10.3. The highest BCUT2D eigenvalue weighted by molar-refractivity contribution is 6.00. The van der Waals surface area contributed by atoms with E-state index in [1.165, 1.54) is 42.6 Å². The van der Waals surface area contributed by atoms with Crippen LogP contribution in [-0.4, -0.2) is 43.2 Å². The summed E-state index contributed by atoms with van der Waals surface area (Å²) in [4.78, 5) is 68.0. The number of primary amides is 1. The molecule has 4 aromatic rings. The number of aromatic carboxylic acids is 1. The Morgan fingerprint density at radius 3 is 2.45 bits per heavy atom. The van der Waals surface area contributed by atoms with Crippen LogP contribution in [0, 0.1) is 12.7 Å². The molecule has 3 amide bonds.